The molecule has 0 saturated heterocycles. The summed E-state index contributed by atoms with van der Waals surface area (Å²) in [6.45, 7) is 0. The topological polar surface area (TPSA) is 34.1 Å². The third-order valence-electron chi connectivity index (χ3n) is 0.557. The van der Waals surface area contributed by atoms with E-state index in [1.165, 1.54) is 0 Å². The number of hydrogen-bond acceptors (Lipinski definition) is 2. The van der Waals surface area contributed by atoms with Crippen molar-refractivity contribution in [2.24, 2.45) is 0 Å². The molecule has 0 aromatic carbocycles. The van der Waals surface area contributed by atoms with Gasteiger partial charge in [0.05, 0.1) is 12.0 Å². The second-order valence-electron chi connectivity index (χ2n) is 1.40. The van der Waals surface area contributed by atoms with E-state index in [4.69, 9.17) is 6.42 Å². The summed E-state index contributed by atoms with van der Waals surface area (Å²) in [5.74, 6) is 2.19. The van der Waals surface area contributed by atoms with Crippen molar-refractivity contribution in [3.05, 3.63) is 6.26 Å². The first-order chi connectivity index (χ1) is 3.56. The first-order valence-corrected chi connectivity index (χ1v) is 3.87. The highest BCUT2D eigenvalue weighted by molar-refractivity contribution is 7.92. The minimum absolute atomic E-state index is 0.0104. The summed E-state index contributed by atoms with van der Waals surface area (Å²) in [6, 6.07) is 0. The van der Waals surface area contributed by atoms with Gasteiger partial charge in [-0.15, -0.1) is 12.3 Å². The minimum atomic E-state index is -3.08. The average Bonchev–Trinajstić information content (AvgIpc) is 1.59. The normalized spacial score (nSPS) is 10.5. The number of rotatable bonds is 2. The lowest BCUT2D eigenvalue weighted by atomic mass is 10.5. The van der Waals surface area contributed by atoms with Crippen LogP contribution in [0.2, 0.25) is 0 Å². The maximum atomic E-state index is 10.2. The van der Waals surface area contributed by atoms with Gasteiger partial charge in [-0.2, -0.15) is 0 Å². The lowest BCUT2D eigenvalue weighted by Crippen LogP contribution is -1.98. The molecule has 0 N–H and O–H groups in total. The maximum Gasteiger partial charge on any atom is 0.152 e. The molecular formula is C5H7O2S. The van der Waals surface area contributed by atoms with E-state index in [1.54, 1.807) is 0 Å². The quantitative estimate of drug-likeness (QED) is 0.502. The fraction of sp³-hybridized carbons (Fsp3) is 0.400. The van der Waals surface area contributed by atoms with E-state index in [0.29, 0.717) is 0 Å². The van der Waals surface area contributed by atoms with Crippen molar-refractivity contribution in [2.45, 2.75) is 6.42 Å². The Kier molecular flexibility index (Phi) is 2.56. The van der Waals surface area contributed by atoms with Crippen LogP contribution in [0.25, 0.3) is 0 Å². The Labute approximate surface area is 49.8 Å². The lowest BCUT2D eigenvalue weighted by Gasteiger charge is -1.86. The largest absolute Gasteiger partial charge is 0.229 e. The van der Waals surface area contributed by atoms with Gasteiger partial charge in [-0.25, -0.2) is 8.42 Å². The average molecular weight is 131 g/mol. The second kappa shape index (κ2) is 2.73. The molecule has 0 heterocycles. The number of hydrogen-bond donors (Lipinski definition) is 0. The van der Waals surface area contributed by atoms with Gasteiger partial charge >= 0.3 is 0 Å². The monoisotopic (exact) mass is 131 g/mol. The molecule has 1 radical (unpaired) electrons. The molecule has 0 aromatic heterocycles. The van der Waals surface area contributed by atoms with Gasteiger partial charge < -0.3 is 0 Å². The van der Waals surface area contributed by atoms with Crippen molar-refractivity contribution in [2.75, 3.05) is 5.75 Å². The molecule has 0 aliphatic rings. The molecule has 2 nitrogen and oxygen atoms in total. The molecule has 0 rings (SSSR count). The Hall–Kier alpha value is -0.490. The van der Waals surface area contributed by atoms with E-state index in [-0.39, 0.29) is 12.2 Å². The molecule has 45 valence electrons. The Morgan fingerprint density at radius 2 is 2.12 bits per heavy atom. The first-order valence-electron chi connectivity index (χ1n) is 2.05. The molecule has 0 bridgehead atoms. The molecule has 0 saturated carbocycles. The van der Waals surface area contributed by atoms with Crippen molar-refractivity contribution in [1.29, 1.82) is 0 Å². The standard InChI is InChI=1S/C5H7O2S/c1-3-4-5-8(2,6)7/h1H,2,4-5H2. The van der Waals surface area contributed by atoms with Crippen LogP contribution in [0.15, 0.2) is 0 Å². The van der Waals surface area contributed by atoms with Gasteiger partial charge in [0.2, 0.25) is 0 Å². The van der Waals surface area contributed by atoms with Crippen LogP contribution in [0, 0.1) is 18.6 Å². The van der Waals surface area contributed by atoms with Crippen molar-refractivity contribution < 1.29 is 8.42 Å². The van der Waals surface area contributed by atoms with Gasteiger partial charge in [0.25, 0.3) is 0 Å². The highest BCUT2D eigenvalue weighted by Crippen LogP contribution is 1.87. The predicted octanol–water partition coefficient (Wildman–Crippen LogP) is 0.216. The molecule has 0 fully saturated rings. The fourth-order valence-corrected chi connectivity index (χ4v) is 0.643. The Balaban J connectivity index is 3.63. The van der Waals surface area contributed by atoms with Crippen molar-refractivity contribution >= 4 is 9.84 Å². The summed E-state index contributed by atoms with van der Waals surface area (Å²) in [6.07, 6.45) is 7.93. The van der Waals surface area contributed by atoms with E-state index in [9.17, 15) is 8.42 Å². The summed E-state index contributed by atoms with van der Waals surface area (Å²) in [5.41, 5.74) is 0. The van der Waals surface area contributed by atoms with Crippen LogP contribution in [0.3, 0.4) is 0 Å². The van der Waals surface area contributed by atoms with Crippen molar-refractivity contribution in [1.82, 2.24) is 0 Å². The molecule has 0 spiro atoms. The van der Waals surface area contributed by atoms with Gasteiger partial charge in [-0.1, -0.05) is 0 Å². The third-order valence-corrected chi connectivity index (χ3v) is 1.38. The minimum Gasteiger partial charge on any atom is -0.229 e. The summed E-state index contributed by atoms with van der Waals surface area (Å²) in [7, 11) is -3.08. The van der Waals surface area contributed by atoms with Crippen LogP contribution in [-0.4, -0.2) is 14.2 Å². The number of terminal acetylenes is 1. The van der Waals surface area contributed by atoms with Crippen LogP contribution in [0.4, 0.5) is 0 Å². The highest BCUT2D eigenvalue weighted by Gasteiger charge is 1.97. The second-order valence-corrected chi connectivity index (χ2v) is 3.30. The zero-order valence-corrected chi connectivity index (χ0v) is 5.24. The molecule has 0 amide bonds. The van der Waals surface area contributed by atoms with Gasteiger partial charge in [0.1, 0.15) is 0 Å². The van der Waals surface area contributed by atoms with Crippen LogP contribution in [-0.2, 0) is 9.84 Å². The molecular weight excluding hydrogens is 124 g/mol. The van der Waals surface area contributed by atoms with Crippen molar-refractivity contribution in [3.63, 3.8) is 0 Å². The summed E-state index contributed by atoms with van der Waals surface area (Å²) < 4.78 is 20.4. The lowest BCUT2D eigenvalue weighted by molar-refractivity contribution is 0.604. The zero-order chi connectivity index (χ0) is 6.62. The summed E-state index contributed by atoms with van der Waals surface area (Å²) in [5, 5.41) is 0. The van der Waals surface area contributed by atoms with Crippen LogP contribution < -0.4 is 0 Å². The van der Waals surface area contributed by atoms with Gasteiger partial charge in [-0.3, -0.25) is 0 Å². The summed E-state index contributed by atoms with van der Waals surface area (Å²) in [4.78, 5) is 0. The van der Waals surface area contributed by atoms with E-state index < -0.39 is 9.84 Å². The summed E-state index contributed by atoms with van der Waals surface area (Å²) >= 11 is 0. The van der Waals surface area contributed by atoms with E-state index in [0.717, 1.165) is 0 Å². The maximum absolute atomic E-state index is 10.2. The molecule has 3 heteroatoms. The smallest absolute Gasteiger partial charge is 0.152 e. The Bertz CT molecular complexity index is 183. The molecule has 0 aromatic rings. The Morgan fingerprint density at radius 1 is 1.62 bits per heavy atom. The van der Waals surface area contributed by atoms with E-state index in [2.05, 4.69) is 12.2 Å². The van der Waals surface area contributed by atoms with Crippen molar-refractivity contribution in [3.8, 4) is 12.3 Å². The molecule has 0 aliphatic heterocycles. The van der Waals surface area contributed by atoms with E-state index >= 15 is 0 Å². The SMILES string of the molecule is C#CCCS([CH2])(=O)=O. The Morgan fingerprint density at radius 3 is 2.25 bits per heavy atom. The zero-order valence-electron chi connectivity index (χ0n) is 4.42. The third kappa shape index (κ3) is 5.51. The predicted molar refractivity (Wildman–Crippen MR) is 32.6 cm³/mol. The first kappa shape index (κ1) is 7.51. The molecule has 0 aliphatic carbocycles. The molecule has 0 unspecified atom stereocenters. The molecule has 8 heavy (non-hydrogen) atoms. The van der Waals surface area contributed by atoms with Crippen LogP contribution >= 0.6 is 0 Å². The number of sulfone groups is 1. The van der Waals surface area contributed by atoms with Gasteiger partial charge in [-0.05, 0) is 0 Å². The van der Waals surface area contributed by atoms with Gasteiger partial charge in [0.15, 0.2) is 9.84 Å². The molecule has 0 atom stereocenters. The van der Waals surface area contributed by atoms with Gasteiger partial charge in [0, 0.05) is 6.42 Å². The van der Waals surface area contributed by atoms with Crippen LogP contribution in [0.1, 0.15) is 6.42 Å². The van der Waals surface area contributed by atoms with Crippen LogP contribution in [0.5, 0.6) is 0 Å². The fourth-order valence-electron chi connectivity index (χ4n) is 0.214. The highest BCUT2D eigenvalue weighted by atomic mass is 32.2. The van der Waals surface area contributed by atoms with E-state index in [1.807, 2.05) is 0 Å².